The zero-order chi connectivity index (χ0) is 6.73. The van der Waals surface area contributed by atoms with E-state index in [2.05, 4.69) is 6.92 Å². The molecule has 0 aliphatic carbocycles. The molecule has 1 unspecified atom stereocenters. The minimum absolute atomic E-state index is 0. The molecular formula is C6H12NOY+2. The molecule has 0 rings (SSSR count). The molecule has 2 nitrogen and oxygen atoms in total. The molecule has 0 bridgehead atoms. The summed E-state index contributed by atoms with van der Waals surface area (Å²) in [5.41, 5.74) is 0. The molecule has 0 saturated carbocycles. The van der Waals surface area contributed by atoms with Crippen LogP contribution in [0.25, 0.3) is 0 Å². The molecule has 0 saturated heterocycles. The molecule has 0 aliphatic heterocycles. The van der Waals surface area contributed by atoms with Gasteiger partial charge in [-0.05, 0) is 0 Å². The molecule has 0 spiro atoms. The first-order valence-corrected chi connectivity index (χ1v) is 2.60. The maximum Gasteiger partial charge on any atom is 3.00 e. The van der Waals surface area contributed by atoms with Gasteiger partial charge in [0.2, 0.25) is 0 Å². The Morgan fingerprint density at radius 3 is 1.89 bits per heavy atom. The second-order valence-electron chi connectivity index (χ2n) is 2.13. The molecule has 9 heavy (non-hydrogen) atoms. The van der Waals surface area contributed by atoms with Crippen molar-refractivity contribution in [3.05, 3.63) is 6.92 Å². The molecule has 3 heteroatoms. The van der Waals surface area contributed by atoms with Gasteiger partial charge in [0.05, 0.1) is 0 Å². The summed E-state index contributed by atoms with van der Waals surface area (Å²) in [6.45, 7) is 5.35. The van der Waals surface area contributed by atoms with E-state index in [1.807, 2.05) is 0 Å². The predicted octanol–water partition coefficient (Wildman–Crippen LogP) is 0.542. The van der Waals surface area contributed by atoms with E-state index in [1.54, 1.807) is 21.0 Å². The summed E-state index contributed by atoms with van der Waals surface area (Å²) in [4.78, 5) is 12.2. The summed E-state index contributed by atoms with van der Waals surface area (Å²) in [6, 6.07) is 0. The Balaban J connectivity index is 0. The molecule has 0 aliphatic rings. The van der Waals surface area contributed by atoms with Crippen LogP contribution in [0.15, 0.2) is 0 Å². The third-order valence-electron chi connectivity index (χ3n) is 0.862. The van der Waals surface area contributed by atoms with Gasteiger partial charge in [-0.3, -0.25) is 4.79 Å². The van der Waals surface area contributed by atoms with Crippen LogP contribution in [0.1, 0.15) is 6.92 Å². The van der Waals surface area contributed by atoms with Crippen LogP contribution in [0.3, 0.4) is 0 Å². The predicted molar refractivity (Wildman–Crippen MR) is 33.2 cm³/mol. The fourth-order valence-electron chi connectivity index (χ4n) is 0.441. The third-order valence-corrected chi connectivity index (χ3v) is 0.862. The number of carbonyl (C=O) groups is 1. The molecule has 0 heterocycles. The van der Waals surface area contributed by atoms with Crippen molar-refractivity contribution in [2.45, 2.75) is 6.92 Å². The summed E-state index contributed by atoms with van der Waals surface area (Å²) in [5.74, 6) is -0.0463. The van der Waals surface area contributed by atoms with Gasteiger partial charge in [0.1, 0.15) is 0 Å². The Morgan fingerprint density at radius 1 is 1.56 bits per heavy atom. The van der Waals surface area contributed by atoms with Gasteiger partial charge in [-0.25, -0.2) is 0 Å². The van der Waals surface area contributed by atoms with Crippen LogP contribution in [-0.4, -0.2) is 24.9 Å². The van der Waals surface area contributed by atoms with Crippen molar-refractivity contribution in [2.24, 2.45) is 5.92 Å². The SMILES string of the molecule is [CH2-]C(C)C(=O)N(C)C.[Y+3]. The van der Waals surface area contributed by atoms with Crippen LogP contribution in [0, 0.1) is 12.8 Å². The first-order valence-electron chi connectivity index (χ1n) is 2.60. The monoisotopic (exact) mass is 203 g/mol. The van der Waals surface area contributed by atoms with Crippen LogP contribution in [-0.2, 0) is 37.5 Å². The van der Waals surface area contributed by atoms with Crippen molar-refractivity contribution < 1.29 is 37.5 Å². The zero-order valence-corrected chi connectivity index (χ0v) is 9.06. The third kappa shape index (κ3) is 5.04. The molecule has 48 valence electrons. The Labute approximate surface area is 81.9 Å². The van der Waals surface area contributed by atoms with Gasteiger partial charge in [0, 0.05) is 14.1 Å². The van der Waals surface area contributed by atoms with E-state index in [0.717, 1.165) is 0 Å². The Kier molecular flexibility index (Phi) is 7.31. The van der Waals surface area contributed by atoms with E-state index >= 15 is 0 Å². The van der Waals surface area contributed by atoms with Crippen molar-refractivity contribution in [1.29, 1.82) is 0 Å². The van der Waals surface area contributed by atoms with E-state index < -0.39 is 0 Å². The molecule has 0 aromatic rings. The van der Waals surface area contributed by atoms with Gasteiger partial charge in [0.25, 0.3) is 0 Å². The number of carbonyl (C=O) groups excluding carboxylic acids is 1. The summed E-state index contributed by atoms with van der Waals surface area (Å²) in [5, 5.41) is 0. The second-order valence-corrected chi connectivity index (χ2v) is 2.13. The summed E-state index contributed by atoms with van der Waals surface area (Å²) in [7, 11) is 3.45. The number of hydrogen-bond donors (Lipinski definition) is 0. The maximum atomic E-state index is 10.7. The first kappa shape index (κ1) is 12.3. The van der Waals surface area contributed by atoms with Crippen LogP contribution >= 0.6 is 0 Å². The van der Waals surface area contributed by atoms with Crippen molar-refractivity contribution >= 4 is 5.91 Å². The van der Waals surface area contributed by atoms with E-state index in [0.29, 0.717) is 0 Å². The standard InChI is InChI=1S/C6H12NO.Y/c1-5(2)6(8)7(3)4;/h5H,1H2,2-4H3;/q-1;+3. The Bertz CT molecular complexity index is 81.1. The molecule has 1 amide bonds. The van der Waals surface area contributed by atoms with Crippen LogP contribution < -0.4 is 0 Å². The number of rotatable bonds is 1. The minimum Gasteiger partial charge on any atom is -0.351 e. The summed E-state index contributed by atoms with van der Waals surface area (Å²) >= 11 is 0. The van der Waals surface area contributed by atoms with E-state index in [4.69, 9.17) is 0 Å². The quantitative estimate of drug-likeness (QED) is 0.569. The fourth-order valence-corrected chi connectivity index (χ4v) is 0.441. The average Bonchev–Trinajstić information content (AvgIpc) is 1.64. The van der Waals surface area contributed by atoms with Crippen LogP contribution in [0.4, 0.5) is 0 Å². The number of nitrogens with zero attached hydrogens (tertiary/aromatic N) is 1. The Morgan fingerprint density at radius 2 is 1.89 bits per heavy atom. The number of amides is 1. The Hall–Kier alpha value is 0.574. The van der Waals surface area contributed by atoms with Gasteiger partial charge < -0.3 is 11.8 Å². The van der Waals surface area contributed by atoms with E-state index in [-0.39, 0.29) is 44.5 Å². The van der Waals surface area contributed by atoms with Gasteiger partial charge in [-0.2, -0.15) is 0 Å². The average molecular weight is 203 g/mol. The smallest absolute Gasteiger partial charge is 0.351 e. The fraction of sp³-hybridized carbons (Fsp3) is 0.667. The van der Waals surface area contributed by atoms with E-state index in [1.165, 1.54) is 4.90 Å². The van der Waals surface area contributed by atoms with Gasteiger partial charge in [0.15, 0.2) is 5.91 Å². The summed E-state index contributed by atoms with van der Waals surface area (Å²) < 4.78 is 0. The molecule has 0 radical (unpaired) electrons. The van der Waals surface area contributed by atoms with Gasteiger partial charge in [-0.1, -0.05) is 12.8 Å². The van der Waals surface area contributed by atoms with Crippen LogP contribution in [0.2, 0.25) is 0 Å². The second kappa shape index (κ2) is 5.37. The van der Waals surface area contributed by atoms with Gasteiger partial charge in [-0.15, -0.1) is 0 Å². The van der Waals surface area contributed by atoms with E-state index in [9.17, 15) is 4.79 Å². The molecule has 1 atom stereocenters. The normalized spacial score (nSPS) is 11.6. The maximum absolute atomic E-state index is 10.7. The van der Waals surface area contributed by atoms with Crippen LogP contribution in [0.5, 0.6) is 0 Å². The topological polar surface area (TPSA) is 20.3 Å². The van der Waals surface area contributed by atoms with Crippen molar-refractivity contribution in [2.75, 3.05) is 14.1 Å². The molecular weight excluding hydrogens is 191 g/mol. The molecule has 0 fully saturated rings. The van der Waals surface area contributed by atoms with Gasteiger partial charge >= 0.3 is 32.7 Å². The summed E-state index contributed by atoms with van der Waals surface area (Å²) in [6.07, 6.45) is 0. The molecule has 0 aromatic carbocycles. The van der Waals surface area contributed by atoms with Crippen molar-refractivity contribution in [1.82, 2.24) is 4.90 Å². The molecule has 0 N–H and O–H groups in total. The zero-order valence-electron chi connectivity index (χ0n) is 6.22. The minimum atomic E-state index is -0.120. The first-order chi connectivity index (χ1) is 3.55. The van der Waals surface area contributed by atoms with Crippen molar-refractivity contribution in [3.63, 3.8) is 0 Å². The van der Waals surface area contributed by atoms with Crippen molar-refractivity contribution in [3.8, 4) is 0 Å². The number of hydrogen-bond acceptors (Lipinski definition) is 1. The largest absolute Gasteiger partial charge is 3.00 e. The molecule has 0 aromatic heterocycles.